The summed E-state index contributed by atoms with van der Waals surface area (Å²) in [6.07, 6.45) is 1.84. The van der Waals surface area contributed by atoms with E-state index >= 15 is 0 Å². The molecule has 0 aliphatic rings. The molecule has 0 saturated heterocycles. The number of nitrogens with one attached hydrogen (secondary N) is 1. The van der Waals surface area contributed by atoms with Crippen molar-refractivity contribution < 1.29 is 9.52 Å². The summed E-state index contributed by atoms with van der Waals surface area (Å²) in [7, 11) is 0. The van der Waals surface area contributed by atoms with Crippen molar-refractivity contribution >= 4 is 0 Å². The number of aliphatic hydroxyl groups is 1. The molecule has 102 valence electrons. The van der Waals surface area contributed by atoms with Gasteiger partial charge in [-0.1, -0.05) is 13.0 Å². The lowest BCUT2D eigenvalue weighted by Crippen LogP contribution is -2.26. The fourth-order valence-corrected chi connectivity index (χ4v) is 1.88. The zero-order valence-electron chi connectivity index (χ0n) is 11.4. The Hall–Kier alpha value is -1.10. The molecule has 0 atom stereocenters. The summed E-state index contributed by atoms with van der Waals surface area (Å²) in [6.45, 7) is 11.8. The van der Waals surface area contributed by atoms with E-state index in [0.717, 1.165) is 31.2 Å². The lowest BCUT2D eigenvalue weighted by Gasteiger charge is -2.17. The van der Waals surface area contributed by atoms with Crippen molar-refractivity contribution in [1.82, 2.24) is 10.2 Å². The number of aryl methyl sites for hydroxylation is 1. The van der Waals surface area contributed by atoms with Gasteiger partial charge >= 0.3 is 0 Å². The molecular formula is C14H24N2O2. The Bertz CT molecular complexity index is 361. The van der Waals surface area contributed by atoms with Crippen LogP contribution in [0.1, 0.15) is 24.0 Å². The molecule has 0 aliphatic heterocycles. The average molecular weight is 252 g/mol. The quantitative estimate of drug-likeness (QED) is 0.657. The zero-order chi connectivity index (χ0) is 13.4. The van der Waals surface area contributed by atoms with E-state index in [1.54, 1.807) is 0 Å². The first-order valence-electron chi connectivity index (χ1n) is 6.44. The van der Waals surface area contributed by atoms with Gasteiger partial charge in [0.15, 0.2) is 0 Å². The second-order valence-electron chi connectivity index (χ2n) is 4.32. The number of hydrogen-bond donors (Lipinski definition) is 2. The van der Waals surface area contributed by atoms with Crippen molar-refractivity contribution in [3.63, 3.8) is 0 Å². The van der Waals surface area contributed by atoms with Crippen LogP contribution in [-0.2, 0) is 13.1 Å². The summed E-state index contributed by atoms with van der Waals surface area (Å²) in [5.41, 5.74) is 1.20. The summed E-state index contributed by atoms with van der Waals surface area (Å²) in [5, 5.41) is 12.3. The molecule has 18 heavy (non-hydrogen) atoms. The number of hydrogen-bond acceptors (Lipinski definition) is 4. The maximum absolute atomic E-state index is 9.00. The normalized spacial score (nSPS) is 11.1. The fourth-order valence-electron chi connectivity index (χ4n) is 1.88. The SMILES string of the molecule is C=CCN(CCO)Cc1cc(CNCC)c(C)o1. The summed E-state index contributed by atoms with van der Waals surface area (Å²) in [6, 6.07) is 2.09. The lowest BCUT2D eigenvalue weighted by atomic mass is 10.2. The third-order valence-corrected chi connectivity index (χ3v) is 2.82. The molecule has 4 nitrogen and oxygen atoms in total. The minimum Gasteiger partial charge on any atom is -0.465 e. The van der Waals surface area contributed by atoms with Gasteiger partial charge in [0.25, 0.3) is 0 Å². The molecule has 4 heteroatoms. The van der Waals surface area contributed by atoms with Crippen molar-refractivity contribution in [2.45, 2.75) is 26.9 Å². The predicted molar refractivity (Wildman–Crippen MR) is 73.4 cm³/mol. The molecule has 0 saturated carbocycles. The van der Waals surface area contributed by atoms with Crippen LogP contribution in [0.3, 0.4) is 0 Å². The van der Waals surface area contributed by atoms with E-state index in [1.807, 2.05) is 13.0 Å². The minimum absolute atomic E-state index is 0.151. The molecule has 2 N–H and O–H groups in total. The van der Waals surface area contributed by atoms with Crippen LogP contribution in [0.15, 0.2) is 23.1 Å². The van der Waals surface area contributed by atoms with Crippen LogP contribution < -0.4 is 5.32 Å². The van der Waals surface area contributed by atoms with E-state index < -0.39 is 0 Å². The Morgan fingerprint density at radius 1 is 1.56 bits per heavy atom. The van der Waals surface area contributed by atoms with Crippen LogP contribution in [0.2, 0.25) is 0 Å². The van der Waals surface area contributed by atoms with Crippen LogP contribution in [0.5, 0.6) is 0 Å². The zero-order valence-corrected chi connectivity index (χ0v) is 11.4. The maximum Gasteiger partial charge on any atom is 0.118 e. The Kier molecular flexibility index (Phi) is 6.72. The van der Waals surface area contributed by atoms with Crippen molar-refractivity contribution in [3.05, 3.63) is 35.8 Å². The van der Waals surface area contributed by atoms with E-state index in [9.17, 15) is 0 Å². The van der Waals surface area contributed by atoms with Crippen molar-refractivity contribution in [3.8, 4) is 0 Å². The Morgan fingerprint density at radius 2 is 2.33 bits per heavy atom. The highest BCUT2D eigenvalue weighted by Crippen LogP contribution is 2.16. The largest absolute Gasteiger partial charge is 0.465 e. The molecule has 1 heterocycles. The standard InChI is InChI=1S/C14H24N2O2/c1-4-6-16(7-8-17)11-14-9-13(10-15-5-2)12(3)18-14/h4,9,15,17H,1,5-8,10-11H2,2-3H3. The molecule has 0 unspecified atom stereocenters. The predicted octanol–water partition coefficient (Wildman–Crippen LogP) is 1.68. The van der Waals surface area contributed by atoms with E-state index in [0.29, 0.717) is 13.1 Å². The van der Waals surface area contributed by atoms with Crippen LogP contribution in [0, 0.1) is 6.92 Å². The topological polar surface area (TPSA) is 48.6 Å². The van der Waals surface area contributed by atoms with Gasteiger partial charge in [0.2, 0.25) is 0 Å². The number of furan rings is 1. The van der Waals surface area contributed by atoms with Gasteiger partial charge in [-0.15, -0.1) is 6.58 Å². The van der Waals surface area contributed by atoms with Gasteiger partial charge in [0.1, 0.15) is 11.5 Å². The van der Waals surface area contributed by atoms with Crippen molar-refractivity contribution in [1.29, 1.82) is 0 Å². The van der Waals surface area contributed by atoms with Gasteiger partial charge in [-0.05, 0) is 19.5 Å². The first kappa shape index (κ1) is 15.0. The number of rotatable bonds is 9. The van der Waals surface area contributed by atoms with Crippen molar-refractivity contribution in [2.24, 2.45) is 0 Å². The van der Waals surface area contributed by atoms with E-state index in [4.69, 9.17) is 9.52 Å². The molecule has 1 aromatic rings. The highest BCUT2D eigenvalue weighted by molar-refractivity contribution is 5.20. The minimum atomic E-state index is 0.151. The van der Waals surface area contributed by atoms with Crippen LogP contribution in [0.4, 0.5) is 0 Å². The van der Waals surface area contributed by atoms with Crippen molar-refractivity contribution in [2.75, 3.05) is 26.2 Å². The maximum atomic E-state index is 9.00. The van der Waals surface area contributed by atoms with Crippen LogP contribution >= 0.6 is 0 Å². The fraction of sp³-hybridized carbons (Fsp3) is 0.571. The molecule has 0 fully saturated rings. The van der Waals surface area contributed by atoms with Crippen LogP contribution in [-0.4, -0.2) is 36.2 Å². The molecule has 0 spiro atoms. The molecule has 1 rings (SSSR count). The van der Waals surface area contributed by atoms with Gasteiger partial charge in [-0.2, -0.15) is 0 Å². The highest BCUT2D eigenvalue weighted by atomic mass is 16.3. The first-order valence-corrected chi connectivity index (χ1v) is 6.44. The molecule has 1 aromatic heterocycles. The Balaban J connectivity index is 2.62. The summed E-state index contributed by atoms with van der Waals surface area (Å²) in [4.78, 5) is 2.10. The molecule has 0 aromatic carbocycles. The van der Waals surface area contributed by atoms with Crippen LogP contribution in [0.25, 0.3) is 0 Å². The molecule has 0 radical (unpaired) electrons. The highest BCUT2D eigenvalue weighted by Gasteiger charge is 2.10. The second kappa shape index (κ2) is 8.08. The molecule has 0 amide bonds. The molecule has 0 aliphatic carbocycles. The van der Waals surface area contributed by atoms with E-state index in [1.165, 1.54) is 5.56 Å². The second-order valence-corrected chi connectivity index (χ2v) is 4.32. The summed E-state index contributed by atoms with van der Waals surface area (Å²) < 4.78 is 5.74. The third kappa shape index (κ3) is 4.64. The van der Waals surface area contributed by atoms with Gasteiger partial charge in [0, 0.05) is 25.2 Å². The molecular weight excluding hydrogens is 228 g/mol. The smallest absolute Gasteiger partial charge is 0.118 e. The first-order chi connectivity index (χ1) is 8.71. The van der Waals surface area contributed by atoms with E-state index in [-0.39, 0.29) is 6.61 Å². The summed E-state index contributed by atoms with van der Waals surface area (Å²) >= 11 is 0. The molecule has 0 bridgehead atoms. The van der Waals surface area contributed by atoms with Gasteiger partial charge in [0.05, 0.1) is 13.2 Å². The van der Waals surface area contributed by atoms with Gasteiger partial charge in [-0.25, -0.2) is 0 Å². The Morgan fingerprint density at radius 3 is 2.94 bits per heavy atom. The van der Waals surface area contributed by atoms with E-state index in [2.05, 4.69) is 29.8 Å². The number of aliphatic hydroxyl groups excluding tert-OH is 1. The third-order valence-electron chi connectivity index (χ3n) is 2.82. The summed E-state index contributed by atoms with van der Waals surface area (Å²) in [5.74, 6) is 1.91. The lowest BCUT2D eigenvalue weighted by molar-refractivity contribution is 0.193. The monoisotopic (exact) mass is 252 g/mol. The Labute approximate surface area is 109 Å². The number of nitrogens with zero attached hydrogens (tertiary/aromatic N) is 1. The van der Waals surface area contributed by atoms with Gasteiger partial charge < -0.3 is 14.8 Å². The van der Waals surface area contributed by atoms with Gasteiger partial charge in [-0.3, -0.25) is 4.90 Å². The average Bonchev–Trinajstić information content (AvgIpc) is 2.67.